The molecule has 0 atom stereocenters. The van der Waals surface area contributed by atoms with Gasteiger partial charge in [-0.15, -0.1) is 0 Å². The third-order valence-corrected chi connectivity index (χ3v) is 4.96. The normalized spacial score (nSPS) is 10.8. The lowest BCUT2D eigenvalue weighted by Crippen LogP contribution is -2.26. The Hall–Kier alpha value is -3.07. The Morgan fingerprint density at radius 2 is 2.04 bits per heavy atom. The molecule has 8 nitrogen and oxygen atoms in total. The molecular formula is C18H18N4O4S. The number of anilines is 1. The zero-order chi connectivity index (χ0) is 19.7. The highest BCUT2D eigenvalue weighted by atomic mass is 32.1. The summed E-state index contributed by atoms with van der Waals surface area (Å²) in [6.07, 6.45) is 0. The number of rotatable bonds is 4. The van der Waals surface area contributed by atoms with Crippen LogP contribution in [0, 0.1) is 13.8 Å². The number of carbonyl (C=O) groups is 2. The molecule has 0 aliphatic carbocycles. The number of aromatic nitrogens is 3. The van der Waals surface area contributed by atoms with Crippen LogP contribution in [0.4, 0.5) is 5.13 Å². The molecule has 9 heteroatoms. The van der Waals surface area contributed by atoms with Gasteiger partial charge in [-0.3, -0.25) is 19.6 Å². The summed E-state index contributed by atoms with van der Waals surface area (Å²) in [6.45, 7) is 5.47. The lowest BCUT2D eigenvalue weighted by atomic mass is 10.1. The molecule has 0 radical (unpaired) electrons. The van der Waals surface area contributed by atoms with E-state index in [4.69, 9.17) is 4.74 Å². The lowest BCUT2D eigenvalue weighted by molar-refractivity contribution is 0.0531. The molecule has 1 N–H and O–H groups in total. The number of hydrogen-bond acceptors (Lipinski definition) is 7. The molecule has 0 aliphatic rings. The van der Waals surface area contributed by atoms with Gasteiger partial charge in [0.25, 0.3) is 5.91 Å². The zero-order valence-corrected chi connectivity index (χ0v) is 16.1. The van der Waals surface area contributed by atoms with Gasteiger partial charge in [0, 0.05) is 7.05 Å². The molecule has 0 unspecified atom stereocenters. The van der Waals surface area contributed by atoms with Crippen LogP contribution in [0.15, 0.2) is 23.0 Å². The first-order chi connectivity index (χ1) is 12.8. The van der Waals surface area contributed by atoms with Crippen LogP contribution in [0.5, 0.6) is 0 Å². The number of hydrogen-bond donors (Lipinski definition) is 1. The highest BCUT2D eigenvalue weighted by Crippen LogP contribution is 2.23. The van der Waals surface area contributed by atoms with Crippen LogP contribution in [-0.2, 0) is 11.8 Å². The SMILES string of the molecule is CCOC(=O)c1sc(NC(=O)c2nn(C)c3ccc(C)cc3c2=O)nc1C. The Labute approximate surface area is 158 Å². The Kier molecular flexibility index (Phi) is 5.04. The van der Waals surface area contributed by atoms with Crippen LogP contribution >= 0.6 is 11.3 Å². The first-order valence-corrected chi connectivity index (χ1v) is 9.07. The summed E-state index contributed by atoms with van der Waals surface area (Å²) in [6, 6.07) is 5.39. The van der Waals surface area contributed by atoms with Gasteiger partial charge in [0.1, 0.15) is 4.88 Å². The average Bonchev–Trinajstić information content (AvgIpc) is 2.98. The molecule has 1 aromatic carbocycles. The Morgan fingerprint density at radius 1 is 1.30 bits per heavy atom. The van der Waals surface area contributed by atoms with Crippen molar-refractivity contribution in [3.63, 3.8) is 0 Å². The molecule has 0 aliphatic heterocycles. The number of nitrogens with zero attached hydrogens (tertiary/aromatic N) is 3. The predicted molar refractivity (Wildman–Crippen MR) is 102 cm³/mol. The van der Waals surface area contributed by atoms with E-state index >= 15 is 0 Å². The topological polar surface area (TPSA) is 103 Å². The van der Waals surface area contributed by atoms with Crippen LogP contribution < -0.4 is 10.7 Å². The van der Waals surface area contributed by atoms with E-state index in [1.54, 1.807) is 33.0 Å². The smallest absolute Gasteiger partial charge is 0.350 e. The van der Waals surface area contributed by atoms with Gasteiger partial charge in [0.05, 0.1) is 23.2 Å². The van der Waals surface area contributed by atoms with Crippen LogP contribution in [0.25, 0.3) is 10.9 Å². The van der Waals surface area contributed by atoms with Crippen molar-refractivity contribution < 1.29 is 14.3 Å². The summed E-state index contributed by atoms with van der Waals surface area (Å²) in [4.78, 5) is 41.6. The quantitative estimate of drug-likeness (QED) is 0.691. The van der Waals surface area contributed by atoms with Crippen LogP contribution in [-0.4, -0.2) is 33.2 Å². The number of benzene rings is 1. The predicted octanol–water partition coefficient (Wildman–Crippen LogP) is 2.44. The standard InChI is InChI=1S/C18H18N4O4S/c1-5-26-17(25)15-10(3)19-18(27-15)20-16(24)13-14(23)11-8-9(2)6-7-12(11)22(4)21-13/h6-8H,5H2,1-4H3,(H,19,20,24). The second-order valence-electron chi connectivity index (χ2n) is 5.93. The molecule has 2 heterocycles. The van der Waals surface area contributed by atoms with E-state index in [1.165, 1.54) is 4.68 Å². The van der Waals surface area contributed by atoms with Gasteiger partial charge in [0.2, 0.25) is 5.43 Å². The number of aryl methyl sites for hydroxylation is 3. The molecule has 2 aromatic heterocycles. The van der Waals surface area contributed by atoms with Gasteiger partial charge in [-0.1, -0.05) is 23.0 Å². The van der Waals surface area contributed by atoms with Gasteiger partial charge in [0.15, 0.2) is 10.8 Å². The van der Waals surface area contributed by atoms with Crippen LogP contribution in [0.1, 0.15) is 38.3 Å². The summed E-state index contributed by atoms with van der Waals surface area (Å²) in [5.74, 6) is -1.17. The third-order valence-electron chi connectivity index (χ3n) is 3.90. The fourth-order valence-corrected chi connectivity index (χ4v) is 3.49. The summed E-state index contributed by atoms with van der Waals surface area (Å²) >= 11 is 0.992. The van der Waals surface area contributed by atoms with Crippen molar-refractivity contribution in [2.45, 2.75) is 20.8 Å². The summed E-state index contributed by atoms with van der Waals surface area (Å²) in [7, 11) is 1.67. The number of nitrogens with one attached hydrogen (secondary N) is 1. The molecule has 3 rings (SSSR count). The molecule has 0 saturated heterocycles. The fraction of sp³-hybridized carbons (Fsp3) is 0.278. The number of esters is 1. The third kappa shape index (κ3) is 3.59. The number of carbonyl (C=O) groups excluding carboxylic acids is 2. The summed E-state index contributed by atoms with van der Waals surface area (Å²) in [5.41, 5.74) is 1.30. The lowest BCUT2D eigenvalue weighted by Gasteiger charge is -2.08. The van der Waals surface area contributed by atoms with Crippen molar-refractivity contribution in [2.75, 3.05) is 11.9 Å². The minimum Gasteiger partial charge on any atom is -0.462 e. The van der Waals surface area contributed by atoms with E-state index in [1.807, 2.05) is 13.0 Å². The molecule has 27 heavy (non-hydrogen) atoms. The first-order valence-electron chi connectivity index (χ1n) is 8.25. The van der Waals surface area contributed by atoms with Crippen molar-refractivity contribution >= 4 is 39.2 Å². The van der Waals surface area contributed by atoms with E-state index in [0.717, 1.165) is 16.9 Å². The molecule has 0 fully saturated rings. The number of amides is 1. The van der Waals surface area contributed by atoms with Crippen molar-refractivity contribution in [1.29, 1.82) is 0 Å². The van der Waals surface area contributed by atoms with Crippen molar-refractivity contribution in [2.24, 2.45) is 7.05 Å². The zero-order valence-electron chi connectivity index (χ0n) is 15.3. The van der Waals surface area contributed by atoms with E-state index in [2.05, 4.69) is 15.4 Å². The van der Waals surface area contributed by atoms with Gasteiger partial charge >= 0.3 is 5.97 Å². The molecule has 0 spiro atoms. The van der Waals surface area contributed by atoms with Crippen molar-refractivity contribution in [3.05, 3.63) is 50.3 Å². The molecular weight excluding hydrogens is 368 g/mol. The minimum absolute atomic E-state index is 0.203. The fourth-order valence-electron chi connectivity index (χ4n) is 2.63. The van der Waals surface area contributed by atoms with Crippen LogP contribution in [0.3, 0.4) is 0 Å². The molecule has 1 amide bonds. The largest absolute Gasteiger partial charge is 0.462 e. The Morgan fingerprint density at radius 3 is 2.74 bits per heavy atom. The van der Waals surface area contributed by atoms with Crippen molar-refractivity contribution in [1.82, 2.24) is 14.8 Å². The number of ether oxygens (including phenoxy) is 1. The van der Waals surface area contributed by atoms with Gasteiger partial charge in [-0.05, 0) is 32.9 Å². The number of fused-ring (bicyclic) bond motifs is 1. The minimum atomic E-state index is -0.678. The van der Waals surface area contributed by atoms with Gasteiger partial charge < -0.3 is 4.74 Å². The molecule has 140 valence electrons. The van der Waals surface area contributed by atoms with Gasteiger partial charge in [-0.2, -0.15) is 5.10 Å². The summed E-state index contributed by atoms with van der Waals surface area (Å²) in [5, 5.41) is 7.27. The molecule has 0 saturated carbocycles. The first kappa shape index (κ1) is 18.7. The highest BCUT2D eigenvalue weighted by molar-refractivity contribution is 7.17. The van der Waals surface area contributed by atoms with E-state index in [0.29, 0.717) is 21.5 Å². The maximum atomic E-state index is 12.7. The monoisotopic (exact) mass is 386 g/mol. The average molecular weight is 386 g/mol. The van der Waals surface area contributed by atoms with Crippen LogP contribution in [0.2, 0.25) is 0 Å². The van der Waals surface area contributed by atoms with Crippen molar-refractivity contribution in [3.8, 4) is 0 Å². The number of thiazole rings is 1. The maximum absolute atomic E-state index is 12.7. The second-order valence-corrected chi connectivity index (χ2v) is 6.93. The molecule has 3 aromatic rings. The van der Waals surface area contributed by atoms with Gasteiger partial charge in [-0.25, -0.2) is 9.78 Å². The van der Waals surface area contributed by atoms with E-state index in [-0.39, 0.29) is 17.4 Å². The highest BCUT2D eigenvalue weighted by Gasteiger charge is 2.21. The van der Waals surface area contributed by atoms with E-state index in [9.17, 15) is 14.4 Å². The molecule has 0 bridgehead atoms. The van der Waals surface area contributed by atoms with E-state index < -0.39 is 17.3 Å². The Bertz CT molecular complexity index is 1120. The Balaban J connectivity index is 1.96. The maximum Gasteiger partial charge on any atom is 0.350 e. The summed E-state index contributed by atoms with van der Waals surface area (Å²) < 4.78 is 6.45. The second kappa shape index (κ2) is 7.28.